The van der Waals surface area contributed by atoms with Gasteiger partial charge < -0.3 is 14.5 Å². The van der Waals surface area contributed by atoms with Crippen LogP contribution in [0.3, 0.4) is 0 Å². The topological polar surface area (TPSA) is 104 Å². The van der Waals surface area contributed by atoms with E-state index in [9.17, 15) is 22.8 Å². The van der Waals surface area contributed by atoms with E-state index in [0.717, 1.165) is 6.42 Å². The normalized spacial score (nSPS) is 25.8. The molecule has 0 bridgehead atoms. The fraction of sp³-hybridized carbons (Fsp3) is 0.565. The molecule has 5 rings (SSSR count). The number of rotatable bonds is 4. The van der Waals surface area contributed by atoms with Gasteiger partial charge in [0.05, 0.1) is 18.1 Å². The first-order valence-electron chi connectivity index (χ1n) is 11.3. The molecule has 1 unspecified atom stereocenters. The maximum absolute atomic E-state index is 12.6. The molecule has 1 amide bonds. The Morgan fingerprint density at radius 2 is 1.97 bits per heavy atom. The molecule has 2 fully saturated rings. The highest BCUT2D eigenvalue weighted by Gasteiger charge is 2.46. The smallest absolute Gasteiger partial charge is 0.479 e. The highest BCUT2D eigenvalue weighted by Crippen LogP contribution is 2.44. The summed E-state index contributed by atoms with van der Waals surface area (Å²) >= 11 is 5.92. The lowest BCUT2D eigenvalue weighted by Gasteiger charge is -2.44. The monoisotopic (exact) mass is 515 g/mol. The third-order valence-corrected chi connectivity index (χ3v) is 6.47. The Hall–Kier alpha value is -2.66. The van der Waals surface area contributed by atoms with Crippen LogP contribution in [0.4, 0.5) is 13.2 Å². The van der Waals surface area contributed by atoms with Crippen molar-refractivity contribution in [2.45, 2.75) is 82.4 Å². The lowest BCUT2D eigenvalue weighted by Crippen LogP contribution is -2.57. The van der Waals surface area contributed by atoms with Gasteiger partial charge in [-0.25, -0.2) is 0 Å². The molecule has 0 saturated heterocycles. The number of halogens is 4. The van der Waals surface area contributed by atoms with Crippen LogP contribution in [-0.2, 0) is 9.53 Å². The first kappa shape index (κ1) is 25.4. The van der Waals surface area contributed by atoms with Crippen LogP contribution >= 0.6 is 11.6 Å². The number of Topliss-reactive ketones (excluding diaryl/α,β-unsaturated/α-hetero) is 1. The van der Waals surface area contributed by atoms with Gasteiger partial charge in [-0.15, -0.1) is 23.4 Å². The fourth-order valence-corrected chi connectivity index (χ4v) is 4.45. The van der Waals surface area contributed by atoms with E-state index >= 15 is 0 Å². The van der Waals surface area contributed by atoms with Crippen molar-refractivity contribution in [2.75, 3.05) is 0 Å². The number of aryl methyl sites for hydroxylation is 1. The summed E-state index contributed by atoms with van der Waals surface area (Å²) in [5, 5.41) is 11.3. The Morgan fingerprint density at radius 1 is 1.26 bits per heavy atom. The van der Waals surface area contributed by atoms with Crippen molar-refractivity contribution in [3.8, 4) is 5.75 Å². The van der Waals surface area contributed by atoms with E-state index in [1.165, 1.54) is 0 Å². The molecule has 1 N–H and O–H groups in total. The van der Waals surface area contributed by atoms with Gasteiger partial charge in [0.15, 0.2) is 11.9 Å². The summed E-state index contributed by atoms with van der Waals surface area (Å²) in [7, 11) is 0. The number of nitrogens with zero attached hydrogens (tertiary/aromatic N) is 2. The van der Waals surface area contributed by atoms with Crippen LogP contribution in [0.1, 0.15) is 73.5 Å². The highest BCUT2D eigenvalue weighted by atomic mass is 35.5. The molecule has 0 spiro atoms. The Morgan fingerprint density at radius 3 is 2.51 bits per heavy atom. The molecule has 3 aliphatic rings. The number of aromatic nitrogens is 2. The number of fused-ring (bicyclic) bond motifs is 1. The molecule has 190 valence electrons. The third-order valence-electron chi connectivity index (χ3n) is 6.24. The van der Waals surface area contributed by atoms with Gasteiger partial charge in [-0.05, 0) is 57.2 Å². The van der Waals surface area contributed by atoms with Crippen molar-refractivity contribution in [2.24, 2.45) is 0 Å². The van der Waals surface area contributed by atoms with Crippen molar-refractivity contribution in [1.29, 1.82) is 0 Å². The molecule has 1 aromatic carbocycles. The minimum Gasteiger partial charge on any atom is -0.479 e. The summed E-state index contributed by atoms with van der Waals surface area (Å²) in [6.45, 7) is 3.71. The maximum Gasteiger partial charge on any atom is 0.522 e. The van der Waals surface area contributed by atoms with E-state index in [0.29, 0.717) is 53.8 Å². The average molecular weight is 516 g/mol. The third kappa shape index (κ3) is 6.32. The Bertz CT molecular complexity index is 1100. The van der Waals surface area contributed by atoms with Crippen LogP contribution in [0.25, 0.3) is 0 Å². The number of hydrogen-bond donors (Lipinski definition) is 1. The standard InChI is InChI=1S/C18H18ClN3O4.C5H7F3O/c1-9-21-22-17(25-9)10-7-18(2,8-10)20-16(24)15-6-13(23)12-5-11(19)3-4-14(12)26-15;6-5(7,8)9-4-2-1-3-4/h3-5,10,15H,6-8H2,1-2H3,(H,20,24);4H,1-3H2. The summed E-state index contributed by atoms with van der Waals surface area (Å²) in [5.41, 5.74) is 0.0415. The van der Waals surface area contributed by atoms with Crippen LogP contribution in [0.5, 0.6) is 5.75 Å². The van der Waals surface area contributed by atoms with Gasteiger partial charge in [-0.3, -0.25) is 14.3 Å². The molecule has 1 atom stereocenters. The zero-order valence-corrected chi connectivity index (χ0v) is 19.9. The number of carbonyl (C=O) groups is 2. The van der Waals surface area contributed by atoms with E-state index in [1.54, 1.807) is 25.1 Å². The van der Waals surface area contributed by atoms with Crippen LogP contribution in [-0.4, -0.2) is 46.0 Å². The highest BCUT2D eigenvalue weighted by molar-refractivity contribution is 6.31. The SMILES string of the molecule is Cc1nnc(C2CC(C)(NC(=O)C3CC(=O)c4cc(Cl)ccc4O3)C2)o1.FC(F)(F)OC1CCC1. The first-order valence-corrected chi connectivity index (χ1v) is 11.6. The lowest BCUT2D eigenvalue weighted by atomic mass is 9.69. The number of amides is 1. The predicted octanol–water partition coefficient (Wildman–Crippen LogP) is 4.89. The molecule has 35 heavy (non-hydrogen) atoms. The van der Waals surface area contributed by atoms with Crippen LogP contribution in [0.2, 0.25) is 5.02 Å². The zero-order valence-electron chi connectivity index (χ0n) is 19.2. The van der Waals surface area contributed by atoms with Crippen molar-refractivity contribution in [3.63, 3.8) is 0 Å². The van der Waals surface area contributed by atoms with Crippen molar-refractivity contribution < 1.29 is 36.7 Å². The minimum absolute atomic E-state index is 0.00153. The molecule has 1 aliphatic heterocycles. The second-order valence-corrected chi connectivity index (χ2v) is 9.74. The summed E-state index contributed by atoms with van der Waals surface area (Å²) in [6, 6.07) is 4.82. The van der Waals surface area contributed by atoms with Gasteiger partial charge >= 0.3 is 6.36 Å². The van der Waals surface area contributed by atoms with Gasteiger partial charge in [0.1, 0.15) is 5.75 Å². The quantitative estimate of drug-likeness (QED) is 0.618. The molecule has 2 aromatic rings. The number of benzene rings is 1. The number of carbonyl (C=O) groups excluding carboxylic acids is 2. The predicted molar refractivity (Wildman–Crippen MR) is 117 cm³/mol. The molecule has 2 aliphatic carbocycles. The summed E-state index contributed by atoms with van der Waals surface area (Å²) in [4.78, 5) is 24.9. The zero-order chi connectivity index (χ0) is 25.4. The van der Waals surface area contributed by atoms with Gasteiger partial charge in [0, 0.05) is 23.4 Å². The summed E-state index contributed by atoms with van der Waals surface area (Å²) < 4.78 is 48.8. The van der Waals surface area contributed by atoms with Gasteiger partial charge in [-0.1, -0.05) is 11.6 Å². The Labute approximate surface area is 204 Å². The van der Waals surface area contributed by atoms with Crippen molar-refractivity contribution in [1.82, 2.24) is 15.5 Å². The first-order chi connectivity index (χ1) is 16.4. The van der Waals surface area contributed by atoms with Gasteiger partial charge in [0.25, 0.3) is 5.91 Å². The fourth-order valence-electron chi connectivity index (χ4n) is 4.28. The Kier molecular flexibility index (Phi) is 7.10. The number of ether oxygens (including phenoxy) is 2. The van der Waals surface area contributed by atoms with Crippen molar-refractivity contribution >= 4 is 23.3 Å². The van der Waals surface area contributed by atoms with E-state index in [-0.39, 0.29) is 29.6 Å². The largest absolute Gasteiger partial charge is 0.522 e. The molecule has 2 heterocycles. The lowest BCUT2D eigenvalue weighted by molar-refractivity contribution is -0.350. The van der Waals surface area contributed by atoms with E-state index in [2.05, 4.69) is 20.3 Å². The molecule has 8 nitrogen and oxygen atoms in total. The average Bonchev–Trinajstić information content (AvgIpc) is 3.15. The van der Waals surface area contributed by atoms with Crippen LogP contribution in [0, 0.1) is 6.92 Å². The Balaban J connectivity index is 0.000000271. The van der Waals surface area contributed by atoms with Gasteiger partial charge in [-0.2, -0.15) is 0 Å². The summed E-state index contributed by atoms with van der Waals surface area (Å²) in [5.74, 6) is 1.23. The molecular formula is C23H25ClF3N3O5. The number of alkyl halides is 3. The number of ketones is 1. The second kappa shape index (κ2) is 9.77. The van der Waals surface area contributed by atoms with Crippen LogP contribution < -0.4 is 10.1 Å². The van der Waals surface area contributed by atoms with Crippen LogP contribution in [0.15, 0.2) is 22.6 Å². The maximum atomic E-state index is 12.6. The molecule has 1 aromatic heterocycles. The summed E-state index contributed by atoms with van der Waals surface area (Å²) in [6.07, 6.45) is -2.44. The molecule has 12 heteroatoms. The number of hydrogen-bond acceptors (Lipinski definition) is 7. The molecule has 0 radical (unpaired) electrons. The number of nitrogens with one attached hydrogen (secondary N) is 1. The van der Waals surface area contributed by atoms with E-state index in [4.69, 9.17) is 20.8 Å². The molecule has 2 saturated carbocycles. The minimum atomic E-state index is -4.43. The van der Waals surface area contributed by atoms with E-state index in [1.807, 2.05) is 6.92 Å². The van der Waals surface area contributed by atoms with Crippen molar-refractivity contribution in [3.05, 3.63) is 40.6 Å². The second-order valence-electron chi connectivity index (χ2n) is 9.31. The van der Waals surface area contributed by atoms with Gasteiger partial charge in [0.2, 0.25) is 11.8 Å². The van der Waals surface area contributed by atoms with E-state index < -0.39 is 18.6 Å². The molecular weight excluding hydrogens is 491 g/mol.